The van der Waals surface area contributed by atoms with Crippen molar-refractivity contribution in [2.24, 2.45) is 29.4 Å². The Morgan fingerprint density at radius 3 is 2.18 bits per heavy atom. The van der Waals surface area contributed by atoms with Crippen molar-refractivity contribution in [1.29, 1.82) is 0 Å². The van der Waals surface area contributed by atoms with Crippen LogP contribution in [0.3, 0.4) is 0 Å². The van der Waals surface area contributed by atoms with E-state index in [0.29, 0.717) is 29.8 Å². The second-order valence-electron chi connectivity index (χ2n) is 7.83. The first kappa shape index (κ1) is 18.1. The first-order valence-electron chi connectivity index (χ1n) is 9.23. The van der Waals surface area contributed by atoms with E-state index < -0.39 is 0 Å². The fourth-order valence-electron chi connectivity index (χ4n) is 5.04. The van der Waals surface area contributed by atoms with Gasteiger partial charge in [0.1, 0.15) is 0 Å². The van der Waals surface area contributed by atoms with E-state index in [1.807, 2.05) is 0 Å². The summed E-state index contributed by atoms with van der Waals surface area (Å²) < 4.78 is 0. The van der Waals surface area contributed by atoms with E-state index in [1.165, 1.54) is 51.4 Å². The lowest BCUT2D eigenvalue weighted by atomic mass is 9.65. The van der Waals surface area contributed by atoms with Gasteiger partial charge in [-0.05, 0) is 69.1 Å². The number of nitrogens with one attached hydrogen (secondary N) is 1. The van der Waals surface area contributed by atoms with Gasteiger partial charge >= 0.3 is 0 Å². The minimum absolute atomic E-state index is 0. The van der Waals surface area contributed by atoms with Gasteiger partial charge in [0, 0.05) is 18.0 Å². The molecular weight excluding hydrogens is 296 g/mol. The Morgan fingerprint density at radius 2 is 1.64 bits per heavy atom. The maximum absolute atomic E-state index is 12.6. The fraction of sp³-hybridized carbons (Fsp3) is 0.944. The molecule has 2 unspecified atom stereocenters. The molecule has 3 aliphatic rings. The Balaban J connectivity index is 0.00000176. The molecule has 0 saturated heterocycles. The molecule has 3 saturated carbocycles. The molecule has 3 aliphatic carbocycles. The molecule has 0 aromatic carbocycles. The van der Waals surface area contributed by atoms with E-state index in [-0.39, 0.29) is 18.3 Å². The van der Waals surface area contributed by atoms with Crippen LogP contribution in [0.4, 0.5) is 0 Å². The monoisotopic (exact) mass is 328 g/mol. The summed E-state index contributed by atoms with van der Waals surface area (Å²) in [4.78, 5) is 12.6. The summed E-state index contributed by atoms with van der Waals surface area (Å²) in [5.41, 5.74) is 6.33. The summed E-state index contributed by atoms with van der Waals surface area (Å²) in [6, 6.07) is 0.804. The van der Waals surface area contributed by atoms with E-state index >= 15 is 0 Å². The lowest BCUT2D eigenvalue weighted by molar-refractivity contribution is -0.128. The fourth-order valence-corrected chi connectivity index (χ4v) is 5.04. The molecule has 0 aromatic rings. The van der Waals surface area contributed by atoms with Gasteiger partial charge in [0.05, 0.1) is 0 Å². The van der Waals surface area contributed by atoms with Gasteiger partial charge in [0.15, 0.2) is 0 Å². The first-order chi connectivity index (χ1) is 10.2. The summed E-state index contributed by atoms with van der Waals surface area (Å²) in [7, 11) is 0. The Morgan fingerprint density at radius 1 is 1.05 bits per heavy atom. The van der Waals surface area contributed by atoms with Crippen LogP contribution >= 0.6 is 12.4 Å². The zero-order chi connectivity index (χ0) is 14.8. The Bertz CT molecular complexity index is 354. The number of nitrogens with two attached hydrogens (primary N) is 1. The standard InChI is InChI=1S/C18H32N2O.ClH/c1-2-12-6-8-16(9-7-12)20-18(21)15-10-13-4-3-5-14(11-15)17(13)19;/h12-17H,2-11,19H2,1H3,(H,20,21);1H. The predicted molar refractivity (Wildman–Crippen MR) is 93.0 cm³/mol. The third-order valence-electron chi connectivity index (χ3n) is 6.55. The van der Waals surface area contributed by atoms with Crippen molar-refractivity contribution >= 4 is 18.3 Å². The lowest BCUT2D eigenvalue weighted by Crippen LogP contribution is -2.50. The third-order valence-corrected chi connectivity index (χ3v) is 6.55. The van der Waals surface area contributed by atoms with Gasteiger partial charge in [-0.2, -0.15) is 0 Å². The molecule has 3 rings (SSSR count). The largest absolute Gasteiger partial charge is 0.353 e. The topological polar surface area (TPSA) is 55.1 Å². The molecule has 0 radical (unpaired) electrons. The van der Waals surface area contributed by atoms with Crippen LogP contribution < -0.4 is 11.1 Å². The van der Waals surface area contributed by atoms with Crippen LogP contribution in [0.15, 0.2) is 0 Å². The maximum Gasteiger partial charge on any atom is 0.223 e. The SMILES string of the molecule is CCC1CCC(NC(=O)C2CC3CCCC(C2)C3N)CC1.Cl. The zero-order valence-corrected chi connectivity index (χ0v) is 14.7. The number of carbonyl (C=O) groups is 1. The van der Waals surface area contributed by atoms with Crippen LogP contribution in [0.5, 0.6) is 0 Å². The van der Waals surface area contributed by atoms with Crippen LogP contribution in [0, 0.1) is 23.7 Å². The van der Waals surface area contributed by atoms with Crippen molar-refractivity contribution < 1.29 is 4.79 Å². The Kier molecular flexibility index (Phi) is 6.58. The number of fused-ring (bicyclic) bond motifs is 2. The lowest BCUT2D eigenvalue weighted by Gasteiger charge is -2.44. The highest BCUT2D eigenvalue weighted by Crippen LogP contribution is 2.42. The van der Waals surface area contributed by atoms with Crippen LogP contribution in [0.2, 0.25) is 0 Å². The van der Waals surface area contributed by atoms with Crippen LogP contribution in [0.1, 0.15) is 71.1 Å². The Hall–Kier alpha value is -0.280. The molecule has 2 atom stereocenters. The average Bonchev–Trinajstić information content (AvgIpc) is 2.47. The molecule has 128 valence electrons. The second-order valence-corrected chi connectivity index (χ2v) is 7.83. The summed E-state index contributed by atoms with van der Waals surface area (Å²) in [6.45, 7) is 2.29. The molecule has 0 spiro atoms. The van der Waals surface area contributed by atoms with Crippen molar-refractivity contribution in [3.63, 3.8) is 0 Å². The summed E-state index contributed by atoms with van der Waals surface area (Å²) in [5.74, 6) is 2.67. The molecule has 3 nitrogen and oxygen atoms in total. The minimum Gasteiger partial charge on any atom is -0.353 e. The number of rotatable bonds is 3. The average molecular weight is 329 g/mol. The molecule has 3 N–H and O–H groups in total. The van der Waals surface area contributed by atoms with E-state index in [4.69, 9.17) is 5.73 Å². The maximum atomic E-state index is 12.6. The smallest absolute Gasteiger partial charge is 0.223 e. The Labute approximate surface area is 141 Å². The molecule has 1 amide bonds. The number of amides is 1. The molecule has 0 aliphatic heterocycles. The van der Waals surface area contributed by atoms with Crippen LogP contribution in [0.25, 0.3) is 0 Å². The third kappa shape index (κ3) is 3.97. The van der Waals surface area contributed by atoms with Gasteiger partial charge in [0.2, 0.25) is 5.91 Å². The highest BCUT2D eigenvalue weighted by Gasteiger charge is 2.40. The number of hydrogen-bond acceptors (Lipinski definition) is 2. The van der Waals surface area contributed by atoms with Crippen molar-refractivity contribution in [2.75, 3.05) is 0 Å². The normalized spacial score (nSPS) is 41.4. The van der Waals surface area contributed by atoms with Crippen LogP contribution in [-0.2, 0) is 4.79 Å². The van der Waals surface area contributed by atoms with Crippen molar-refractivity contribution in [2.45, 2.75) is 83.2 Å². The predicted octanol–water partition coefficient (Wildman–Crippen LogP) is 3.65. The second kappa shape index (κ2) is 8.01. The van der Waals surface area contributed by atoms with Crippen LogP contribution in [-0.4, -0.2) is 18.0 Å². The van der Waals surface area contributed by atoms with Gasteiger partial charge in [-0.25, -0.2) is 0 Å². The number of halogens is 1. The summed E-state index contributed by atoms with van der Waals surface area (Å²) in [5, 5.41) is 3.36. The molecule has 22 heavy (non-hydrogen) atoms. The van der Waals surface area contributed by atoms with Crippen molar-refractivity contribution in [3.05, 3.63) is 0 Å². The van der Waals surface area contributed by atoms with Gasteiger partial charge in [-0.3, -0.25) is 4.79 Å². The summed E-state index contributed by atoms with van der Waals surface area (Å²) >= 11 is 0. The van der Waals surface area contributed by atoms with E-state index in [0.717, 1.165) is 18.8 Å². The van der Waals surface area contributed by atoms with Crippen molar-refractivity contribution in [1.82, 2.24) is 5.32 Å². The van der Waals surface area contributed by atoms with Gasteiger partial charge in [-0.1, -0.05) is 19.8 Å². The van der Waals surface area contributed by atoms with E-state index in [9.17, 15) is 4.79 Å². The minimum atomic E-state index is 0. The molecular formula is C18H33ClN2O. The zero-order valence-electron chi connectivity index (χ0n) is 13.9. The highest BCUT2D eigenvalue weighted by atomic mass is 35.5. The quantitative estimate of drug-likeness (QED) is 0.831. The van der Waals surface area contributed by atoms with E-state index in [2.05, 4.69) is 12.2 Å². The molecule has 0 heterocycles. The van der Waals surface area contributed by atoms with Gasteiger partial charge < -0.3 is 11.1 Å². The molecule has 0 aromatic heterocycles. The molecule has 2 bridgehead atoms. The van der Waals surface area contributed by atoms with E-state index in [1.54, 1.807) is 0 Å². The summed E-state index contributed by atoms with van der Waals surface area (Å²) in [6.07, 6.45) is 12.1. The first-order valence-corrected chi connectivity index (χ1v) is 9.23. The van der Waals surface area contributed by atoms with Gasteiger partial charge in [-0.15, -0.1) is 12.4 Å². The molecule has 4 heteroatoms. The van der Waals surface area contributed by atoms with Crippen molar-refractivity contribution in [3.8, 4) is 0 Å². The highest BCUT2D eigenvalue weighted by molar-refractivity contribution is 5.85. The number of hydrogen-bond donors (Lipinski definition) is 2. The number of carbonyl (C=O) groups excluding carboxylic acids is 1. The molecule has 3 fully saturated rings. The van der Waals surface area contributed by atoms with Gasteiger partial charge in [0.25, 0.3) is 0 Å².